The maximum atomic E-state index is 10.8. The molecule has 0 atom stereocenters. The van der Waals surface area contributed by atoms with Gasteiger partial charge in [-0.1, -0.05) is 26.2 Å². The Balaban J connectivity index is 3.04. The zero-order chi connectivity index (χ0) is 8.53. The summed E-state index contributed by atoms with van der Waals surface area (Å²) < 4.78 is 0. The van der Waals surface area contributed by atoms with Gasteiger partial charge < -0.3 is 0 Å². The van der Waals surface area contributed by atoms with Crippen molar-refractivity contribution < 1.29 is 4.79 Å². The number of hydrogen-bond donors (Lipinski definition) is 2. The summed E-state index contributed by atoms with van der Waals surface area (Å²) in [5.41, 5.74) is 5.14. The van der Waals surface area contributed by atoms with Gasteiger partial charge in [-0.3, -0.25) is 10.2 Å². The molecule has 0 aliphatic rings. The summed E-state index contributed by atoms with van der Waals surface area (Å²) in [4.78, 5) is 10.8. The zero-order valence-corrected chi connectivity index (χ0v) is 7.44. The number of hydrazine groups is 1. The lowest BCUT2D eigenvalue weighted by molar-refractivity contribution is -0.122. The third-order valence-electron chi connectivity index (χ3n) is 1.52. The molecule has 2 N–H and O–H groups in total. The highest BCUT2D eigenvalue weighted by Crippen LogP contribution is 2.01. The lowest BCUT2D eigenvalue weighted by Gasteiger charge is -2.01. The molecule has 0 rings (SSSR count). The molecule has 66 valence electrons. The van der Waals surface area contributed by atoms with E-state index in [0.717, 1.165) is 12.8 Å². The Bertz CT molecular complexity index is 104. The van der Waals surface area contributed by atoms with Crippen LogP contribution in [0.1, 0.15) is 39.0 Å². The van der Waals surface area contributed by atoms with Gasteiger partial charge in [-0.05, 0) is 6.42 Å². The van der Waals surface area contributed by atoms with Crippen LogP contribution in [0.25, 0.3) is 0 Å². The predicted octanol–water partition coefficient (Wildman–Crippen LogP) is 1.21. The van der Waals surface area contributed by atoms with Crippen molar-refractivity contribution >= 4 is 5.91 Å². The quantitative estimate of drug-likeness (QED) is 0.450. The van der Waals surface area contributed by atoms with Crippen molar-refractivity contribution in [3.8, 4) is 0 Å². The van der Waals surface area contributed by atoms with Crippen LogP contribution >= 0.6 is 0 Å². The highest BCUT2D eigenvalue weighted by atomic mass is 16.2. The molecule has 0 saturated heterocycles. The minimum Gasteiger partial charge on any atom is -0.292 e. The summed E-state index contributed by atoms with van der Waals surface area (Å²) in [6.07, 6.45) is 5.25. The molecular weight excluding hydrogens is 140 g/mol. The fourth-order valence-electron chi connectivity index (χ4n) is 0.914. The third-order valence-corrected chi connectivity index (χ3v) is 1.52. The van der Waals surface area contributed by atoms with Crippen molar-refractivity contribution in [1.82, 2.24) is 10.9 Å². The number of amides is 1. The molecule has 0 bridgehead atoms. The van der Waals surface area contributed by atoms with Crippen molar-refractivity contribution in [3.63, 3.8) is 0 Å². The van der Waals surface area contributed by atoms with Gasteiger partial charge in [-0.2, -0.15) is 0 Å². The summed E-state index contributed by atoms with van der Waals surface area (Å²) >= 11 is 0. The number of hydrogen-bond acceptors (Lipinski definition) is 2. The monoisotopic (exact) mass is 158 g/mol. The van der Waals surface area contributed by atoms with Gasteiger partial charge in [0.05, 0.1) is 0 Å². The van der Waals surface area contributed by atoms with E-state index >= 15 is 0 Å². The Kier molecular flexibility index (Phi) is 7.15. The van der Waals surface area contributed by atoms with Crippen molar-refractivity contribution in [2.45, 2.75) is 39.0 Å². The van der Waals surface area contributed by atoms with Crippen molar-refractivity contribution in [2.75, 3.05) is 7.05 Å². The summed E-state index contributed by atoms with van der Waals surface area (Å²) in [7, 11) is 1.70. The fraction of sp³-hybridized carbons (Fsp3) is 0.875. The molecule has 0 radical (unpaired) electrons. The molecule has 0 aromatic carbocycles. The molecule has 11 heavy (non-hydrogen) atoms. The smallest absolute Gasteiger partial charge is 0.234 e. The lowest BCUT2D eigenvalue weighted by atomic mass is 10.1. The average molecular weight is 158 g/mol. The van der Waals surface area contributed by atoms with Gasteiger partial charge in [0, 0.05) is 13.5 Å². The lowest BCUT2D eigenvalue weighted by Crippen LogP contribution is -2.33. The molecule has 0 aromatic rings. The third kappa shape index (κ3) is 7.33. The maximum Gasteiger partial charge on any atom is 0.234 e. The van der Waals surface area contributed by atoms with Crippen LogP contribution in [0.2, 0.25) is 0 Å². The van der Waals surface area contributed by atoms with Gasteiger partial charge in [0.15, 0.2) is 0 Å². The standard InChI is InChI=1S/C8H18N2O/c1-3-4-5-6-7-8(11)10-9-2/h9H,3-7H2,1-2H3,(H,10,11). The average Bonchev–Trinajstić information content (AvgIpc) is 1.99. The summed E-state index contributed by atoms with van der Waals surface area (Å²) in [5.74, 6) is 0.0867. The number of rotatable bonds is 6. The minimum atomic E-state index is 0.0867. The van der Waals surface area contributed by atoms with Gasteiger partial charge in [-0.25, -0.2) is 5.43 Å². The Hall–Kier alpha value is -0.570. The maximum absolute atomic E-state index is 10.8. The van der Waals surface area contributed by atoms with Crippen LogP contribution in [0.15, 0.2) is 0 Å². The van der Waals surface area contributed by atoms with Crippen molar-refractivity contribution in [2.24, 2.45) is 0 Å². The van der Waals surface area contributed by atoms with E-state index in [4.69, 9.17) is 0 Å². The van der Waals surface area contributed by atoms with E-state index in [-0.39, 0.29) is 5.91 Å². The number of carbonyl (C=O) groups excluding carboxylic acids is 1. The van der Waals surface area contributed by atoms with Crippen LogP contribution in [0.4, 0.5) is 0 Å². The van der Waals surface area contributed by atoms with Gasteiger partial charge in [-0.15, -0.1) is 0 Å². The van der Waals surface area contributed by atoms with E-state index in [2.05, 4.69) is 17.8 Å². The summed E-state index contributed by atoms with van der Waals surface area (Å²) in [6.45, 7) is 2.16. The molecule has 1 amide bonds. The summed E-state index contributed by atoms with van der Waals surface area (Å²) in [6, 6.07) is 0. The molecule has 0 unspecified atom stereocenters. The van der Waals surface area contributed by atoms with Gasteiger partial charge in [0.1, 0.15) is 0 Å². The van der Waals surface area contributed by atoms with Crippen LogP contribution in [0.5, 0.6) is 0 Å². The largest absolute Gasteiger partial charge is 0.292 e. The predicted molar refractivity (Wildman–Crippen MR) is 46.0 cm³/mol. The normalized spacial score (nSPS) is 9.64. The molecule has 0 spiro atoms. The van der Waals surface area contributed by atoms with Crippen LogP contribution in [0.3, 0.4) is 0 Å². The van der Waals surface area contributed by atoms with Crippen LogP contribution < -0.4 is 10.9 Å². The minimum absolute atomic E-state index is 0.0867. The second kappa shape index (κ2) is 7.54. The van der Waals surface area contributed by atoms with Crippen LogP contribution in [0, 0.1) is 0 Å². The van der Waals surface area contributed by atoms with Crippen LogP contribution in [-0.4, -0.2) is 13.0 Å². The van der Waals surface area contributed by atoms with E-state index in [1.807, 2.05) is 0 Å². The van der Waals surface area contributed by atoms with Gasteiger partial charge >= 0.3 is 0 Å². The highest BCUT2D eigenvalue weighted by Gasteiger charge is 1.97. The van der Waals surface area contributed by atoms with Gasteiger partial charge in [0.25, 0.3) is 0 Å². The van der Waals surface area contributed by atoms with E-state index in [1.54, 1.807) is 7.05 Å². The molecule has 0 aliphatic heterocycles. The number of unbranched alkanes of at least 4 members (excludes halogenated alkanes) is 3. The number of nitrogens with one attached hydrogen (secondary N) is 2. The van der Waals surface area contributed by atoms with E-state index in [1.165, 1.54) is 12.8 Å². The van der Waals surface area contributed by atoms with E-state index in [0.29, 0.717) is 6.42 Å². The SMILES string of the molecule is CCCCCCC(=O)NNC. The Morgan fingerprint density at radius 1 is 1.27 bits per heavy atom. The van der Waals surface area contributed by atoms with Crippen molar-refractivity contribution in [1.29, 1.82) is 0 Å². The molecule has 0 fully saturated rings. The zero-order valence-electron chi connectivity index (χ0n) is 7.44. The Morgan fingerprint density at radius 2 is 2.00 bits per heavy atom. The highest BCUT2D eigenvalue weighted by molar-refractivity contribution is 5.75. The topological polar surface area (TPSA) is 41.1 Å². The van der Waals surface area contributed by atoms with Crippen LogP contribution in [-0.2, 0) is 4.79 Å². The fourth-order valence-corrected chi connectivity index (χ4v) is 0.914. The first-order valence-corrected chi connectivity index (χ1v) is 4.26. The molecule has 3 heteroatoms. The molecular formula is C8H18N2O. The molecule has 0 saturated carbocycles. The first-order chi connectivity index (χ1) is 5.31. The molecule has 0 heterocycles. The number of carbonyl (C=O) groups is 1. The second-order valence-electron chi connectivity index (χ2n) is 2.61. The Labute approximate surface area is 68.5 Å². The first-order valence-electron chi connectivity index (χ1n) is 4.26. The first kappa shape index (κ1) is 10.4. The van der Waals surface area contributed by atoms with Crippen molar-refractivity contribution in [3.05, 3.63) is 0 Å². The van der Waals surface area contributed by atoms with E-state index in [9.17, 15) is 4.79 Å². The van der Waals surface area contributed by atoms with E-state index < -0.39 is 0 Å². The molecule has 0 aromatic heterocycles. The second-order valence-corrected chi connectivity index (χ2v) is 2.61. The summed E-state index contributed by atoms with van der Waals surface area (Å²) in [5, 5.41) is 0. The Morgan fingerprint density at radius 3 is 2.55 bits per heavy atom. The molecule has 0 aliphatic carbocycles. The van der Waals surface area contributed by atoms with Gasteiger partial charge in [0.2, 0.25) is 5.91 Å². The molecule has 3 nitrogen and oxygen atoms in total.